The van der Waals surface area contributed by atoms with Crippen LogP contribution in [0.3, 0.4) is 0 Å². The Bertz CT molecular complexity index is 1810. The largest absolute Gasteiger partial charge is 0.497 e. The third-order valence-corrected chi connectivity index (χ3v) is 6.92. The number of aromatic nitrogens is 3. The highest BCUT2D eigenvalue weighted by atomic mass is 19.1. The summed E-state index contributed by atoms with van der Waals surface area (Å²) in [4.78, 5) is 31.0. The van der Waals surface area contributed by atoms with Crippen LogP contribution in [-0.4, -0.2) is 27.4 Å². The van der Waals surface area contributed by atoms with Crippen molar-refractivity contribution in [3.8, 4) is 28.5 Å². The Morgan fingerprint density at radius 1 is 1.00 bits per heavy atom. The maximum absolute atomic E-state index is 15.1. The molecule has 0 atom stereocenters. The molecule has 6 rings (SSSR count). The molecule has 0 radical (unpaired) electrons. The van der Waals surface area contributed by atoms with Crippen LogP contribution in [0.2, 0.25) is 0 Å². The Morgan fingerprint density at radius 2 is 1.82 bits per heavy atom. The van der Waals surface area contributed by atoms with Gasteiger partial charge in [-0.3, -0.25) is 19.3 Å². The van der Waals surface area contributed by atoms with Gasteiger partial charge >= 0.3 is 0 Å². The second-order valence-corrected chi connectivity index (χ2v) is 9.34. The van der Waals surface area contributed by atoms with Gasteiger partial charge < -0.3 is 14.8 Å². The molecule has 9 heteroatoms. The molecular weight excluding hydrogens is 499 g/mol. The Balaban J connectivity index is 1.29. The number of benzene rings is 3. The number of carbonyl (C=O) groups excluding carboxylic acids is 1. The molecule has 1 aliphatic heterocycles. The number of nitrogens with one attached hydrogen (secondary N) is 1. The molecule has 0 bridgehead atoms. The average molecular weight is 525 g/mol. The monoisotopic (exact) mass is 524 g/mol. The summed E-state index contributed by atoms with van der Waals surface area (Å²) < 4.78 is 29.7. The van der Waals surface area contributed by atoms with Crippen LogP contribution in [0.25, 0.3) is 22.2 Å². The van der Waals surface area contributed by atoms with E-state index in [4.69, 9.17) is 9.47 Å². The van der Waals surface area contributed by atoms with Gasteiger partial charge in [0.1, 0.15) is 17.1 Å². The van der Waals surface area contributed by atoms with Crippen molar-refractivity contribution in [1.29, 1.82) is 0 Å². The van der Waals surface area contributed by atoms with Crippen molar-refractivity contribution in [2.45, 2.75) is 26.4 Å². The molecule has 0 saturated carbocycles. The second kappa shape index (κ2) is 9.75. The Kier molecular flexibility index (Phi) is 6.11. The molecule has 0 aliphatic carbocycles. The molecule has 1 aliphatic rings. The first kappa shape index (κ1) is 24.4. The van der Waals surface area contributed by atoms with Gasteiger partial charge in [0.15, 0.2) is 11.6 Å². The number of hydrogen-bond acceptors (Lipinski definition) is 5. The van der Waals surface area contributed by atoms with E-state index >= 15 is 4.39 Å². The minimum atomic E-state index is -0.665. The number of fused-ring (bicyclic) bond motifs is 2. The summed E-state index contributed by atoms with van der Waals surface area (Å²) in [5, 5.41) is 3.40. The maximum Gasteiger partial charge on any atom is 0.280 e. The fourth-order valence-electron chi connectivity index (χ4n) is 5.02. The molecule has 3 aromatic carbocycles. The molecule has 3 heterocycles. The summed E-state index contributed by atoms with van der Waals surface area (Å²) in [5.41, 5.74) is 2.89. The van der Waals surface area contributed by atoms with Gasteiger partial charge in [0.05, 0.1) is 18.3 Å². The minimum Gasteiger partial charge on any atom is -0.497 e. The van der Waals surface area contributed by atoms with E-state index in [2.05, 4.69) is 10.3 Å². The molecule has 39 heavy (non-hydrogen) atoms. The first-order valence-electron chi connectivity index (χ1n) is 12.6. The third kappa shape index (κ3) is 4.31. The second-order valence-electron chi connectivity index (χ2n) is 9.34. The van der Waals surface area contributed by atoms with E-state index in [0.717, 1.165) is 17.5 Å². The van der Waals surface area contributed by atoms with E-state index in [0.29, 0.717) is 41.2 Å². The van der Waals surface area contributed by atoms with E-state index in [9.17, 15) is 9.59 Å². The fraction of sp³-hybridized carbons (Fsp3) is 0.167. The van der Waals surface area contributed by atoms with Gasteiger partial charge in [0, 0.05) is 48.1 Å². The molecule has 8 nitrogen and oxygen atoms in total. The van der Waals surface area contributed by atoms with Crippen LogP contribution in [0.1, 0.15) is 22.3 Å². The van der Waals surface area contributed by atoms with Gasteiger partial charge in [-0.15, -0.1) is 0 Å². The third-order valence-electron chi connectivity index (χ3n) is 6.92. The summed E-state index contributed by atoms with van der Waals surface area (Å²) >= 11 is 0. The normalized spacial score (nSPS) is 12.4. The first-order valence-corrected chi connectivity index (χ1v) is 12.6. The van der Waals surface area contributed by atoms with Crippen molar-refractivity contribution in [3.63, 3.8) is 0 Å². The van der Waals surface area contributed by atoms with Crippen LogP contribution in [0.4, 0.5) is 10.1 Å². The number of anilines is 1. The van der Waals surface area contributed by atoms with Crippen LogP contribution < -0.4 is 20.3 Å². The molecule has 1 N–H and O–H groups in total. The zero-order valence-electron chi connectivity index (χ0n) is 21.4. The van der Waals surface area contributed by atoms with Crippen LogP contribution in [0.15, 0.2) is 77.7 Å². The maximum atomic E-state index is 15.1. The highest BCUT2D eigenvalue weighted by molar-refractivity contribution is 6.08. The van der Waals surface area contributed by atoms with Gasteiger partial charge in [-0.25, -0.2) is 9.07 Å². The number of aryl methyl sites for hydroxylation is 1. The number of pyridine rings is 1. The van der Waals surface area contributed by atoms with E-state index in [1.807, 2.05) is 35.9 Å². The lowest BCUT2D eigenvalue weighted by Gasteiger charge is -2.12. The van der Waals surface area contributed by atoms with Crippen LogP contribution in [0, 0.1) is 12.7 Å². The number of nitrogens with zero attached hydrogens (tertiary/aromatic N) is 3. The fourth-order valence-corrected chi connectivity index (χ4v) is 5.02. The van der Waals surface area contributed by atoms with E-state index in [-0.39, 0.29) is 22.6 Å². The summed E-state index contributed by atoms with van der Waals surface area (Å²) in [7, 11) is 1.57. The zero-order chi connectivity index (χ0) is 27.1. The van der Waals surface area contributed by atoms with E-state index in [1.54, 1.807) is 42.3 Å². The highest BCUT2D eigenvalue weighted by Crippen LogP contribution is 2.33. The van der Waals surface area contributed by atoms with Crippen molar-refractivity contribution in [3.05, 3.63) is 100 Å². The Hall–Kier alpha value is -4.92. The smallest absolute Gasteiger partial charge is 0.280 e. The van der Waals surface area contributed by atoms with Crippen molar-refractivity contribution in [2.24, 2.45) is 0 Å². The number of methoxy groups -OCH3 is 1. The summed E-state index contributed by atoms with van der Waals surface area (Å²) in [6, 6.07) is 18.8. The number of rotatable bonds is 6. The lowest BCUT2D eigenvalue weighted by Crippen LogP contribution is -2.24. The van der Waals surface area contributed by atoms with Gasteiger partial charge in [-0.1, -0.05) is 24.3 Å². The molecular formula is C30H25FN4O4. The topological polar surface area (TPSA) is 87.4 Å². The summed E-state index contributed by atoms with van der Waals surface area (Å²) in [6.45, 7) is 3.13. The number of amides is 1. The minimum absolute atomic E-state index is 0.0140. The molecule has 1 amide bonds. The van der Waals surface area contributed by atoms with E-state index in [1.165, 1.54) is 18.2 Å². The molecule has 0 saturated heterocycles. The number of carbonyl (C=O) groups is 1. The SMILES string of the molecule is COc1ccc2c(Oc3ccc(NC(=O)c4c(-c5ccccc5C)n5n(c4=O)CCC5)cc3F)ccnc2c1. The first-order chi connectivity index (χ1) is 18.9. The summed E-state index contributed by atoms with van der Waals surface area (Å²) in [5.74, 6) is -0.189. The van der Waals surface area contributed by atoms with Crippen molar-refractivity contribution in [2.75, 3.05) is 12.4 Å². The lowest BCUT2D eigenvalue weighted by molar-refractivity contribution is 0.102. The van der Waals surface area contributed by atoms with Crippen molar-refractivity contribution in [1.82, 2.24) is 14.3 Å². The Labute approximate surface area is 223 Å². The van der Waals surface area contributed by atoms with Gasteiger partial charge in [-0.05, 0) is 49.2 Å². The predicted molar refractivity (Wildman–Crippen MR) is 146 cm³/mol. The molecule has 196 valence electrons. The zero-order valence-corrected chi connectivity index (χ0v) is 21.4. The molecule has 2 aromatic heterocycles. The molecule has 0 spiro atoms. The number of hydrogen-bond donors (Lipinski definition) is 1. The van der Waals surface area contributed by atoms with Gasteiger partial charge in [0.2, 0.25) is 0 Å². The molecule has 5 aromatic rings. The van der Waals surface area contributed by atoms with Crippen LogP contribution in [0.5, 0.6) is 17.2 Å². The summed E-state index contributed by atoms with van der Waals surface area (Å²) in [6.07, 6.45) is 2.40. The molecule has 0 fully saturated rings. The van der Waals surface area contributed by atoms with E-state index < -0.39 is 11.7 Å². The van der Waals surface area contributed by atoms with Crippen molar-refractivity contribution < 1.29 is 18.7 Å². The van der Waals surface area contributed by atoms with Gasteiger partial charge in [-0.2, -0.15) is 0 Å². The highest BCUT2D eigenvalue weighted by Gasteiger charge is 2.29. The lowest BCUT2D eigenvalue weighted by atomic mass is 10.0. The molecule has 0 unspecified atom stereocenters. The van der Waals surface area contributed by atoms with Crippen LogP contribution in [-0.2, 0) is 13.1 Å². The number of ether oxygens (including phenoxy) is 2. The van der Waals surface area contributed by atoms with Crippen molar-refractivity contribution >= 4 is 22.5 Å². The van der Waals surface area contributed by atoms with Gasteiger partial charge in [0.25, 0.3) is 11.5 Å². The average Bonchev–Trinajstić information content (AvgIpc) is 3.52. The quantitative estimate of drug-likeness (QED) is 0.305. The predicted octanol–water partition coefficient (Wildman–Crippen LogP) is 5.77. The standard InChI is InChI=1S/C30H25FN4O4/c1-18-6-3-4-7-21(18)28-27(30(37)35-15-5-14-34(28)35)29(36)33-19-8-11-26(23(31)16-19)39-25-12-13-32-24-17-20(38-2)9-10-22(24)25/h3-4,6-13,16-17H,5,14-15H2,1-2H3,(H,33,36). The number of halogens is 1. The Morgan fingerprint density at radius 3 is 2.62 bits per heavy atom. The van der Waals surface area contributed by atoms with Crippen LogP contribution >= 0.6 is 0 Å².